The van der Waals surface area contributed by atoms with Gasteiger partial charge in [-0.1, -0.05) is 0 Å². The Bertz CT molecular complexity index is 118. The molecule has 0 saturated carbocycles. The van der Waals surface area contributed by atoms with Gasteiger partial charge in [0.2, 0.25) is 0 Å². The zero-order valence-electron chi connectivity index (χ0n) is 10.2. The van der Waals surface area contributed by atoms with Crippen LogP contribution in [0.2, 0.25) is 0 Å². The van der Waals surface area contributed by atoms with E-state index in [0.717, 1.165) is 19.8 Å². The normalized spacial score (nSPS) is 13.5. The fraction of sp³-hybridized carbons (Fsp3) is 1.00. The molecule has 1 atom stereocenters. The predicted octanol–water partition coefficient (Wildman–Crippen LogP) is 1.34. The molecule has 0 spiro atoms. The number of unbranched alkanes of at least 4 members (excludes halogenated alkanes) is 1. The van der Waals surface area contributed by atoms with Crippen LogP contribution in [0.15, 0.2) is 0 Å². The van der Waals surface area contributed by atoms with Crippen LogP contribution >= 0.6 is 0 Å². The maximum absolute atomic E-state index is 5.32. The minimum atomic E-state index is 0.481. The third-order valence-electron chi connectivity index (χ3n) is 2.10. The van der Waals surface area contributed by atoms with Gasteiger partial charge in [-0.15, -0.1) is 0 Å². The highest BCUT2D eigenvalue weighted by molar-refractivity contribution is 4.59. The van der Waals surface area contributed by atoms with E-state index < -0.39 is 0 Å². The minimum Gasteiger partial charge on any atom is -0.380 e. The van der Waals surface area contributed by atoms with E-state index in [1.54, 1.807) is 0 Å². The zero-order valence-corrected chi connectivity index (χ0v) is 10.2. The van der Waals surface area contributed by atoms with Gasteiger partial charge in [-0.25, -0.2) is 0 Å². The summed E-state index contributed by atoms with van der Waals surface area (Å²) in [5, 5.41) is 3.45. The smallest absolute Gasteiger partial charge is 0.0616 e. The summed E-state index contributed by atoms with van der Waals surface area (Å²) >= 11 is 0. The van der Waals surface area contributed by atoms with Crippen LogP contribution in [0.1, 0.15) is 26.7 Å². The van der Waals surface area contributed by atoms with E-state index in [2.05, 4.69) is 31.2 Å². The van der Waals surface area contributed by atoms with Crippen molar-refractivity contribution >= 4 is 0 Å². The first kappa shape index (κ1) is 13.9. The Morgan fingerprint density at radius 3 is 2.57 bits per heavy atom. The lowest BCUT2D eigenvalue weighted by molar-refractivity contribution is 0.127. The van der Waals surface area contributed by atoms with Crippen molar-refractivity contribution in [2.75, 3.05) is 40.4 Å². The average Bonchev–Trinajstić information content (AvgIpc) is 2.13. The highest BCUT2D eigenvalue weighted by Crippen LogP contribution is 1.91. The molecule has 0 amide bonds. The molecule has 86 valence electrons. The van der Waals surface area contributed by atoms with Gasteiger partial charge < -0.3 is 15.0 Å². The summed E-state index contributed by atoms with van der Waals surface area (Å²) in [6.07, 6.45) is 2.51. The SMILES string of the molecule is CCOCC(C)NCCCCN(C)C. The Balaban J connectivity index is 3.10. The summed E-state index contributed by atoms with van der Waals surface area (Å²) in [5.74, 6) is 0. The molecule has 0 aliphatic heterocycles. The molecule has 0 bridgehead atoms. The highest BCUT2D eigenvalue weighted by atomic mass is 16.5. The number of hydrogen-bond donors (Lipinski definition) is 1. The number of ether oxygens (including phenoxy) is 1. The molecule has 3 heteroatoms. The summed E-state index contributed by atoms with van der Waals surface area (Å²) < 4.78 is 5.32. The first-order valence-corrected chi connectivity index (χ1v) is 5.62. The lowest BCUT2D eigenvalue weighted by Gasteiger charge is -2.14. The van der Waals surface area contributed by atoms with Crippen molar-refractivity contribution in [3.05, 3.63) is 0 Å². The van der Waals surface area contributed by atoms with Gasteiger partial charge in [-0.05, 0) is 53.9 Å². The number of nitrogens with one attached hydrogen (secondary N) is 1. The summed E-state index contributed by atoms with van der Waals surface area (Å²) in [6, 6.07) is 0.481. The van der Waals surface area contributed by atoms with Crippen LogP contribution in [-0.2, 0) is 4.74 Å². The molecule has 0 radical (unpaired) electrons. The fourth-order valence-electron chi connectivity index (χ4n) is 1.26. The van der Waals surface area contributed by atoms with E-state index in [0.29, 0.717) is 6.04 Å². The van der Waals surface area contributed by atoms with E-state index in [4.69, 9.17) is 4.74 Å². The van der Waals surface area contributed by atoms with Crippen LogP contribution < -0.4 is 5.32 Å². The molecule has 1 N–H and O–H groups in total. The third-order valence-corrected chi connectivity index (χ3v) is 2.10. The maximum Gasteiger partial charge on any atom is 0.0616 e. The van der Waals surface area contributed by atoms with Crippen molar-refractivity contribution < 1.29 is 4.74 Å². The summed E-state index contributed by atoms with van der Waals surface area (Å²) in [4.78, 5) is 2.23. The number of rotatable bonds is 9. The second-order valence-electron chi connectivity index (χ2n) is 4.03. The van der Waals surface area contributed by atoms with Gasteiger partial charge in [0.05, 0.1) is 6.61 Å². The van der Waals surface area contributed by atoms with E-state index >= 15 is 0 Å². The zero-order chi connectivity index (χ0) is 10.8. The molecule has 0 fully saturated rings. The van der Waals surface area contributed by atoms with Gasteiger partial charge >= 0.3 is 0 Å². The van der Waals surface area contributed by atoms with Crippen LogP contribution in [0.25, 0.3) is 0 Å². The monoisotopic (exact) mass is 202 g/mol. The Kier molecular flexibility index (Phi) is 9.35. The van der Waals surface area contributed by atoms with Gasteiger partial charge in [0.1, 0.15) is 0 Å². The average molecular weight is 202 g/mol. The minimum absolute atomic E-state index is 0.481. The summed E-state index contributed by atoms with van der Waals surface area (Å²) in [6.45, 7) is 8.12. The van der Waals surface area contributed by atoms with Crippen molar-refractivity contribution in [3.8, 4) is 0 Å². The fourth-order valence-corrected chi connectivity index (χ4v) is 1.26. The predicted molar refractivity (Wildman–Crippen MR) is 61.7 cm³/mol. The summed E-state index contributed by atoms with van der Waals surface area (Å²) in [7, 11) is 4.23. The first-order chi connectivity index (χ1) is 6.66. The molecule has 1 unspecified atom stereocenters. The maximum atomic E-state index is 5.32. The Morgan fingerprint density at radius 1 is 1.29 bits per heavy atom. The van der Waals surface area contributed by atoms with Crippen molar-refractivity contribution in [3.63, 3.8) is 0 Å². The largest absolute Gasteiger partial charge is 0.380 e. The standard InChI is InChI=1S/C11H26N2O/c1-5-14-10-11(2)12-8-6-7-9-13(3)4/h11-12H,5-10H2,1-4H3. The molecular weight excluding hydrogens is 176 g/mol. The molecular formula is C11H26N2O. The molecule has 0 rings (SSSR count). The van der Waals surface area contributed by atoms with Gasteiger partial charge in [0, 0.05) is 12.6 Å². The van der Waals surface area contributed by atoms with Gasteiger partial charge in [0.15, 0.2) is 0 Å². The van der Waals surface area contributed by atoms with E-state index in [1.165, 1.54) is 19.4 Å². The second-order valence-corrected chi connectivity index (χ2v) is 4.03. The van der Waals surface area contributed by atoms with Crippen LogP contribution in [0, 0.1) is 0 Å². The number of hydrogen-bond acceptors (Lipinski definition) is 3. The number of nitrogens with zero attached hydrogens (tertiary/aromatic N) is 1. The van der Waals surface area contributed by atoms with E-state index in [9.17, 15) is 0 Å². The van der Waals surface area contributed by atoms with Crippen LogP contribution in [0.5, 0.6) is 0 Å². The van der Waals surface area contributed by atoms with Crippen molar-refractivity contribution in [2.24, 2.45) is 0 Å². The van der Waals surface area contributed by atoms with Gasteiger partial charge in [0.25, 0.3) is 0 Å². The second kappa shape index (κ2) is 9.44. The van der Waals surface area contributed by atoms with Crippen molar-refractivity contribution in [1.82, 2.24) is 10.2 Å². The Labute approximate surface area is 88.8 Å². The molecule has 14 heavy (non-hydrogen) atoms. The van der Waals surface area contributed by atoms with Crippen molar-refractivity contribution in [2.45, 2.75) is 32.7 Å². The molecule has 0 aromatic carbocycles. The third kappa shape index (κ3) is 9.96. The molecule has 0 aromatic heterocycles. The lowest BCUT2D eigenvalue weighted by atomic mass is 10.2. The van der Waals surface area contributed by atoms with Gasteiger partial charge in [-0.2, -0.15) is 0 Å². The van der Waals surface area contributed by atoms with E-state index in [1.807, 2.05) is 6.92 Å². The molecule has 0 aliphatic carbocycles. The van der Waals surface area contributed by atoms with Crippen LogP contribution in [0.4, 0.5) is 0 Å². The van der Waals surface area contributed by atoms with Crippen molar-refractivity contribution in [1.29, 1.82) is 0 Å². The van der Waals surface area contributed by atoms with Gasteiger partial charge in [-0.3, -0.25) is 0 Å². The highest BCUT2D eigenvalue weighted by Gasteiger charge is 1.99. The quantitative estimate of drug-likeness (QED) is 0.571. The first-order valence-electron chi connectivity index (χ1n) is 5.62. The van der Waals surface area contributed by atoms with Crippen LogP contribution in [-0.4, -0.2) is 51.3 Å². The molecule has 3 nitrogen and oxygen atoms in total. The Hall–Kier alpha value is -0.120. The lowest BCUT2D eigenvalue weighted by Crippen LogP contribution is -2.31. The topological polar surface area (TPSA) is 24.5 Å². The van der Waals surface area contributed by atoms with Crippen LogP contribution in [0.3, 0.4) is 0 Å². The molecule has 0 aliphatic rings. The molecule has 0 aromatic rings. The molecule has 0 heterocycles. The molecule has 0 saturated heterocycles. The summed E-state index contributed by atoms with van der Waals surface area (Å²) in [5.41, 5.74) is 0. The van der Waals surface area contributed by atoms with E-state index in [-0.39, 0.29) is 0 Å². The Morgan fingerprint density at radius 2 is 2.00 bits per heavy atom.